The van der Waals surface area contributed by atoms with Gasteiger partial charge in [-0.05, 0) is 18.8 Å². The van der Waals surface area contributed by atoms with Gasteiger partial charge in [0.1, 0.15) is 0 Å². The molecule has 0 bridgehead atoms. The molecule has 0 saturated carbocycles. The van der Waals surface area contributed by atoms with Crippen molar-refractivity contribution in [2.75, 3.05) is 0 Å². The maximum atomic E-state index is 2.40. The van der Waals surface area contributed by atoms with Crippen molar-refractivity contribution in [3.8, 4) is 0 Å². The van der Waals surface area contributed by atoms with Crippen molar-refractivity contribution in [2.45, 2.75) is 181 Å². The molecular weight excluding hydrogens is 348 g/mol. The van der Waals surface area contributed by atoms with Gasteiger partial charge in [-0.25, -0.2) is 0 Å². The Labute approximate surface area is 187 Å². The van der Waals surface area contributed by atoms with Crippen molar-refractivity contribution in [1.82, 2.24) is 0 Å². The Morgan fingerprint density at radius 2 is 0.517 bits per heavy atom. The molecule has 175 valence electrons. The molecule has 0 fully saturated rings. The molecule has 0 saturated heterocycles. The minimum atomic E-state index is 1.36. The van der Waals surface area contributed by atoms with Crippen molar-refractivity contribution in [3.05, 3.63) is 5.92 Å². The van der Waals surface area contributed by atoms with Crippen LogP contribution in [0.4, 0.5) is 0 Å². The van der Waals surface area contributed by atoms with Gasteiger partial charge < -0.3 is 0 Å². The molecule has 0 heterocycles. The van der Waals surface area contributed by atoms with Crippen LogP contribution in [0.25, 0.3) is 0 Å². The molecule has 1 radical (unpaired) electrons. The van der Waals surface area contributed by atoms with Gasteiger partial charge in [0.15, 0.2) is 0 Å². The van der Waals surface area contributed by atoms with Crippen molar-refractivity contribution in [2.24, 2.45) is 0 Å². The predicted molar refractivity (Wildman–Crippen MR) is 136 cm³/mol. The highest BCUT2D eigenvalue weighted by Gasteiger charge is 2.02. The molecule has 0 aromatic rings. The monoisotopic (exact) mass is 407 g/mol. The third-order valence-electron chi connectivity index (χ3n) is 6.66. The van der Waals surface area contributed by atoms with E-state index in [1.807, 2.05) is 0 Å². The van der Waals surface area contributed by atoms with Crippen LogP contribution in [0.1, 0.15) is 181 Å². The van der Waals surface area contributed by atoms with Crippen LogP contribution in [0.3, 0.4) is 0 Å². The Morgan fingerprint density at radius 3 is 0.759 bits per heavy atom. The second kappa shape index (κ2) is 26.0. The molecule has 0 spiro atoms. The predicted octanol–water partition coefficient (Wildman–Crippen LogP) is 11.4. The first-order valence-electron chi connectivity index (χ1n) is 14.1. The van der Waals surface area contributed by atoms with Gasteiger partial charge in [0.05, 0.1) is 0 Å². The lowest BCUT2D eigenvalue weighted by Crippen LogP contribution is -1.93. The van der Waals surface area contributed by atoms with E-state index in [2.05, 4.69) is 20.8 Å². The van der Waals surface area contributed by atoms with Gasteiger partial charge in [0.25, 0.3) is 0 Å². The Hall–Kier alpha value is 0. The van der Waals surface area contributed by atoms with E-state index in [1.165, 1.54) is 161 Å². The minimum absolute atomic E-state index is 1.36. The maximum Gasteiger partial charge on any atom is -0.0272 e. The molecule has 29 heavy (non-hydrogen) atoms. The Morgan fingerprint density at radius 1 is 0.310 bits per heavy atom. The van der Waals surface area contributed by atoms with Gasteiger partial charge in [-0.1, -0.05) is 168 Å². The summed E-state index contributed by atoms with van der Waals surface area (Å²) in [5, 5.41) is 0. The zero-order chi connectivity index (χ0) is 21.3. The van der Waals surface area contributed by atoms with E-state index in [0.29, 0.717) is 0 Å². The Bertz CT molecular complexity index is 269. The van der Waals surface area contributed by atoms with Crippen LogP contribution in [-0.2, 0) is 0 Å². The quantitative estimate of drug-likeness (QED) is 0.132. The molecule has 0 unspecified atom stereocenters. The lowest BCUT2D eigenvalue weighted by molar-refractivity contribution is 0.521. The van der Waals surface area contributed by atoms with Crippen LogP contribution >= 0.6 is 0 Å². The van der Waals surface area contributed by atoms with Crippen molar-refractivity contribution in [3.63, 3.8) is 0 Å². The Kier molecular flexibility index (Phi) is 26.0. The van der Waals surface area contributed by atoms with Gasteiger partial charge >= 0.3 is 0 Å². The van der Waals surface area contributed by atoms with Gasteiger partial charge in [0, 0.05) is 0 Å². The fourth-order valence-corrected chi connectivity index (χ4v) is 4.48. The van der Waals surface area contributed by atoms with Crippen LogP contribution in [0.5, 0.6) is 0 Å². The highest BCUT2D eigenvalue weighted by Crippen LogP contribution is 2.20. The van der Waals surface area contributed by atoms with Gasteiger partial charge in [-0.15, -0.1) is 0 Å². The summed E-state index contributed by atoms with van der Waals surface area (Å²) in [6.45, 7) is 7.00. The molecule has 0 aromatic heterocycles. The van der Waals surface area contributed by atoms with Crippen molar-refractivity contribution in [1.29, 1.82) is 0 Å². The summed E-state index contributed by atoms with van der Waals surface area (Å²) >= 11 is 0. The lowest BCUT2D eigenvalue weighted by atomic mass is 9.96. The van der Waals surface area contributed by atoms with Crippen molar-refractivity contribution < 1.29 is 0 Å². The largest absolute Gasteiger partial charge is 0.0654 e. The molecule has 0 aliphatic heterocycles. The molecule has 0 aliphatic rings. The average molecular weight is 408 g/mol. The maximum absolute atomic E-state index is 2.40. The standard InChI is InChI=1S/C29H59/c1-4-6-8-10-11-12-13-14-15-16-17-18-19-20-21-22-24-26-28-29(3)27-25-23-9-7-5-2/h4-28H2,1-3H3. The van der Waals surface area contributed by atoms with Gasteiger partial charge in [-0.2, -0.15) is 0 Å². The topological polar surface area (TPSA) is 0 Å². The molecular formula is C29H59. The summed E-state index contributed by atoms with van der Waals surface area (Å²) in [7, 11) is 0. The number of hydrogen-bond acceptors (Lipinski definition) is 0. The minimum Gasteiger partial charge on any atom is -0.0654 e. The van der Waals surface area contributed by atoms with E-state index in [9.17, 15) is 0 Å². The first-order valence-corrected chi connectivity index (χ1v) is 14.1. The average Bonchev–Trinajstić information content (AvgIpc) is 2.72. The van der Waals surface area contributed by atoms with Crippen LogP contribution in [0, 0.1) is 5.92 Å². The van der Waals surface area contributed by atoms with E-state index in [4.69, 9.17) is 0 Å². The third-order valence-corrected chi connectivity index (χ3v) is 6.66. The molecule has 0 nitrogen and oxygen atoms in total. The summed E-state index contributed by atoms with van der Waals surface area (Å²) < 4.78 is 0. The SMILES string of the molecule is CCCCCCCCCCCCCCCCCCCC[C](C)CCCCCCC. The third kappa shape index (κ3) is 26.0. The number of unbranched alkanes of at least 4 members (excludes halogenated alkanes) is 21. The van der Waals surface area contributed by atoms with Crippen LogP contribution in [0.15, 0.2) is 0 Å². The number of rotatable bonds is 25. The van der Waals surface area contributed by atoms with Crippen LogP contribution < -0.4 is 0 Å². The van der Waals surface area contributed by atoms with Crippen LogP contribution in [-0.4, -0.2) is 0 Å². The Balaban J connectivity index is 3.08. The van der Waals surface area contributed by atoms with E-state index in [1.54, 1.807) is 5.92 Å². The van der Waals surface area contributed by atoms with E-state index in [0.717, 1.165) is 0 Å². The first kappa shape index (κ1) is 29.0. The molecule has 0 aliphatic carbocycles. The summed E-state index contributed by atoms with van der Waals surface area (Å²) in [6.07, 6.45) is 36.4. The molecule has 0 amide bonds. The molecule has 0 N–H and O–H groups in total. The van der Waals surface area contributed by atoms with Gasteiger partial charge in [-0.3, -0.25) is 0 Å². The summed E-state index contributed by atoms with van der Waals surface area (Å²) in [4.78, 5) is 0. The highest BCUT2D eigenvalue weighted by atomic mass is 14.1. The lowest BCUT2D eigenvalue weighted by Gasteiger charge is -2.10. The second-order valence-corrected chi connectivity index (χ2v) is 9.88. The molecule has 0 heteroatoms. The first-order chi connectivity index (χ1) is 14.3. The molecule has 0 aromatic carbocycles. The zero-order valence-electron chi connectivity index (χ0n) is 21.2. The zero-order valence-corrected chi connectivity index (χ0v) is 21.2. The van der Waals surface area contributed by atoms with E-state index in [-0.39, 0.29) is 0 Å². The molecule has 0 rings (SSSR count). The van der Waals surface area contributed by atoms with E-state index < -0.39 is 0 Å². The molecule has 0 atom stereocenters. The summed E-state index contributed by atoms with van der Waals surface area (Å²) in [6, 6.07) is 0. The summed E-state index contributed by atoms with van der Waals surface area (Å²) in [5.74, 6) is 1.76. The number of hydrogen-bond donors (Lipinski definition) is 0. The fraction of sp³-hybridized carbons (Fsp3) is 0.966. The fourth-order valence-electron chi connectivity index (χ4n) is 4.48. The van der Waals surface area contributed by atoms with Gasteiger partial charge in [0.2, 0.25) is 0 Å². The van der Waals surface area contributed by atoms with E-state index >= 15 is 0 Å². The highest BCUT2D eigenvalue weighted by molar-refractivity contribution is 4.83. The normalized spacial score (nSPS) is 11.6. The smallest absolute Gasteiger partial charge is 0.0272 e. The van der Waals surface area contributed by atoms with Crippen molar-refractivity contribution >= 4 is 0 Å². The second-order valence-electron chi connectivity index (χ2n) is 9.88. The van der Waals surface area contributed by atoms with Crippen LogP contribution in [0.2, 0.25) is 0 Å². The summed E-state index contributed by atoms with van der Waals surface area (Å²) in [5.41, 5.74) is 0.